The quantitative estimate of drug-likeness (QED) is 0.708. The number of aromatic nitrogens is 2. The number of benzene rings is 1. The molecule has 0 fully saturated rings. The van der Waals surface area contributed by atoms with Gasteiger partial charge in [0, 0.05) is 12.0 Å². The van der Waals surface area contributed by atoms with Gasteiger partial charge in [0.25, 0.3) is 5.56 Å². The fourth-order valence-electron chi connectivity index (χ4n) is 2.03. The van der Waals surface area contributed by atoms with Crippen LogP contribution >= 0.6 is 11.6 Å². The summed E-state index contributed by atoms with van der Waals surface area (Å²) in [6.45, 7) is 12.0. The summed E-state index contributed by atoms with van der Waals surface area (Å²) in [5.74, 6) is 6.38. The molecule has 1 heterocycles. The lowest BCUT2D eigenvalue weighted by Gasteiger charge is -2.21. The first-order chi connectivity index (χ1) is 12.3. The van der Waals surface area contributed by atoms with Gasteiger partial charge in [-0.2, -0.15) is 5.10 Å². The molecule has 0 saturated carbocycles. The highest BCUT2D eigenvalue weighted by molar-refractivity contribution is 6.31. The highest BCUT2D eigenvalue weighted by atomic mass is 35.5. The van der Waals surface area contributed by atoms with Crippen LogP contribution in [0.2, 0.25) is 5.02 Å². The third-order valence-electron chi connectivity index (χ3n) is 3.28. The van der Waals surface area contributed by atoms with Crippen LogP contribution < -0.4 is 10.3 Å². The summed E-state index contributed by atoms with van der Waals surface area (Å²) in [6, 6.07) is 7.77. The van der Waals surface area contributed by atoms with E-state index in [-0.39, 0.29) is 16.3 Å². The maximum absolute atomic E-state index is 12.3. The van der Waals surface area contributed by atoms with Crippen molar-refractivity contribution < 1.29 is 4.74 Å². The predicted octanol–water partition coefficient (Wildman–Crippen LogP) is 5.02. The van der Waals surface area contributed by atoms with Gasteiger partial charge in [0.05, 0.1) is 11.7 Å². The van der Waals surface area contributed by atoms with Crippen LogP contribution in [0.4, 0.5) is 0 Å². The fraction of sp³-hybridized carbons (Fsp3) is 0.429. The van der Waals surface area contributed by atoms with Gasteiger partial charge in [0.15, 0.2) is 10.8 Å². The van der Waals surface area contributed by atoms with Gasteiger partial charge in [-0.3, -0.25) is 4.79 Å². The first-order valence-corrected chi connectivity index (χ1v) is 9.19. The van der Waals surface area contributed by atoms with Crippen molar-refractivity contribution in [2.24, 2.45) is 0 Å². The maximum Gasteiger partial charge on any atom is 0.289 e. The molecule has 26 heavy (non-hydrogen) atoms. The molecule has 0 bridgehead atoms. The van der Waals surface area contributed by atoms with Gasteiger partial charge >= 0.3 is 0 Å². The predicted molar refractivity (Wildman–Crippen MR) is 108 cm³/mol. The largest absolute Gasteiger partial charge is 0.485 e. The molecule has 0 spiro atoms. The molecule has 0 saturated heterocycles. The second-order valence-electron chi connectivity index (χ2n) is 6.35. The molecule has 0 aliphatic heterocycles. The summed E-state index contributed by atoms with van der Waals surface area (Å²) in [5, 5.41) is 4.19. The Bertz CT molecular complexity index is 822. The number of hydrogen-bond donors (Lipinski definition) is 0. The summed E-state index contributed by atoms with van der Waals surface area (Å²) in [6.07, 6.45) is 2.31. The summed E-state index contributed by atoms with van der Waals surface area (Å²) in [5.41, 5.74) is 1.14. The normalized spacial score (nSPS) is 10.3. The molecule has 0 radical (unpaired) electrons. The second-order valence-corrected chi connectivity index (χ2v) is 6.73. The maximum atomic E-state index is 12.3. The average molecular weight is 375 g/mol. The summed E-state index contributed by atoms with van der Waals surface area (Å²) in [4.78, 5) is 12.3. The Balaban J connectivity index is 0.00000163. The number of ether oxygens (including phenoxy) is 1. The molecule has 0 N–H and O–H groups in total. The van der Waals surface area contributed by atoms with Crippen molar-refractivity contribution in [3.63, 3.8) is 0 Å². The van der Waals surface area contributed by atoms with E-state index in [0.29, 0.717) is 6.61 Å². The molecule has 2 rings (SSSR count). The zero-order chi connectivity index (χ0) is 19.7. The summed E-state index contributed by atoms with van der Waals surface area (Å²) < 4.78 is 7.00. The molecule has 0 aliphatic rings. The zero-order valence-corrected chi connectivity index (χ0v) is 17.1. The van der Waals surface area contributed by atoms with E-state index in [2.05, 4.69) is 16.9 Å². The van der Waals surface area contributed by atoms with Crippen LogP contribution in [-0.2, 0) is 12.1 Å². The van der Waals surface area contributed by atoms with E-state index < -0.39 is 5.54 Å². The van der Waals surface area contributed by atoms with Gasteiger partial charge in [-0.05, 0) is 38.5 Å². The number of halogens is 1. The molecule has 5 heteroatoms. The smallest absolute Gasteiger partial charge is 0.289 e. The Hall–Kier alpha value is -2.25. The lowest BCUT2D eigenvalue weighted by Crippen LogP contribution is -2.36. The van der Waals surface area contributed by atoms with Crippen LogP contribution in [0.25, 0.3) is 0 Å². The number of hydrogen-bond acceptors (Lipinski definition) is 3. The highest BCUT2D eigenvalue weighted by Crippen LogP contribution is 2.21. The van der Waals surface area contributed by atoms with E-state index in [1.807, 2.05) is 65.8 Å². The van der Waals surface area contributed by atoms with Gasteiger partial charge in [-0.25, -0.2) is 4.68 Å². The molecular weight excluding hydrogens is 348 g/mol. The summed E-state index contributed by atoms with van der Waals surface area (Å²) in [7, 11) is 0. The fourth-order valence-corrected chi connectivity index (χ4v) is 2.22. The van der Waals surface area contributed by atoms with Gasteiger partial charge in [-0.15, -0.1) is 0 Å². The topological polar surface area (TPSA) is 44.1 Å². The lowest BCUT2D eigenvalue weighted by molar-refractivity contribution is 0.292. The minimum absolute atomic E-state index is 0.0466. The molecule has 1 aromatic heterocycles. The van der Waals surface area contributed by atoms with Crippen molar-refractivity contribution in [1.29, 1.82) is 0 Å². The minimum Gasteiger partial charge on any atom is -0.485 e. The van der Waals surface area contributed by atoms with E-state index in [1.54, 1.807) is 0 Å². The van der Waals surface area contributed by atoms with Crippen molar-refractivity contribution in [1.82, 2.24) is 9.78 Å². The van der Waals surface area contributed by atoms with E-state index in [1.165, 1.54) is 10.9 Å². The van der Waals surface area contributed by atoms with E-state index in [4.69, 9.17) is 16.3 Å². The highest BCUT2D eigenvalue weighted by Gasteiger charge is 2.19. The van der Waals surface area contributed by atoms with Crippen molar-refractivity contribution in [2.75, 3.05) is 0 Å². The Kier molecular flexibility index (Phi) is 8.41. The Morgan fingerprint density at radius 3 is 2.35 bits per heavy atom. The summed E-state index contributed by atoms with van der Waals surface area (Å²) >= 11 is 6.14. The SMILES string of the molecule is CC.CCC#Cc1ccc(COc2cnn(C(C)(C)C)c(=O)c2Cl)cc1. The van der Waals surface area contributed by atoms with Crippen LogP contribution in [-0.4, -0.2) is 9.78 Å². The average Bonchev–Trinajstić information content (AvgIpc) is 2.62. The molecule has 2 aromatic rings. The van der Waals surface area contributed by atoms with Crippen LogP contribution in [0.1, 0.15) is 59.1 Å². The third-order valence-corrected chi connectivity index (χ3v) is 3.63. The zero-order valence-electron chi connectivity index (χ0n) is 16.4. The van der Waals surface area contributed by atoms with E-state index in [0.717, 1.165) is 17.5 Å². The Labute approximate surface area is 161 Å². The Morgan fingerprint density at radius 1 is 1.19 bits per heavy atom. The van der Waals surface area contributed by atoms with E-state index >= 15 is 0 Å². The van der Waals surface area contributed by atoms with Crippen molar-refractivity contribution in [3.8, 4) is 17.6 Å². The second kappa shape index (κ2) is 10.0. The number of rotatable bonds is 3. The van der Waals surface area contributed by atoms with Crippen LogP contribution in [0.3, 0.4) is 0 Å². The standard InChI is InChI=1S/C19H21ClN2O2.C2H6/c1-5-6-7-14-8-10-15(11-9-14)13-24-16-12-21-22(19(2,3)4)18(23)17(16)20;1-2/h8-12H,5,13H2,1-4H3;1-2H3. The minimum atomic E-state index is -0.436. The molecule has 0 amide bonds. The van der Waals surface area contributed by atoms with Gasteiger partial charge in [0.1, 0.15) is 6.61 Å². The first-order valence-electron chi connectivity index (χ1n) is 8.82. The van der Waals surface area contributed by atoms with Crippen molar-refractivity contribution in [2.45, 2.75) is 60.1 Å². The first kappa shape index (κ1) is 21.8. The van der Waals surface area contributed by atoms with Crippen LogP contribution in [0, 0.1) is 11.8 Å². The van der Waals surface area contributed by atoms with Gasteiger partial charge in [-0.1, -0.05) is 56.3 Å². The Morgan fingerprint density at radius 2 is 1.81 bits per heavy atom. The molecular formula is C21H27ClN2O2. The van der Waals surface area contributed by atoms with E-state index in [9.17, 15) is 4.79 Å². The number of nitrogens with zero attached hydrogens (tertiary/aromatic N) is 2. The van der Waals surface area contributed by atoms with Crippen LogP contribution in [0.5, 0.6) is 5.75 Å². The molecule has 4 nitrogen and oxygen atoms in total. The lowest BCUT2D eigenvalue weighted by atomic mass is 10.1. The molecule has 140 valence electrons. The van der Waals surface area contributed by atoms with Crippen molar-refractivity contribution >= 4 is 11.6 Å². The van der Waals surface area contributed by atoms with Gasteiger partial charge < -0.3 is 4.74 Å². The van der Waals surface area contributed by atoms with Crippen molar-refractivity contribution in [3.05, 3.63) is 57.0 Å². The van der Waals surface area contributed by atoms with Crippen LogP contribution in [0.15, 0.2) is 35.3 Å². The third kappa shape index (κ3) is 5.93. The molecule has 0 atom stereocenters. The van der Waals surface area contributed by atoms with Gasteiger partial charge in [0.2, 0.25) is 0 Å². The monoisotopic (exact) mass is 374 g/mol. The molecule has 1 aromatic carbocycles. The molecule has 0 unspecified atom stereocenters. The molecule has 0 aliphatic carbocycles.